The summed E-state index contributed by atoms with van der Waals surface area (Å²) in [6.07, 6.45) is 3.89. The number of benzene rings is 3. The molecule has 1 atom stereocenters. The second kappa shape index (κ2) is 12.3. The summed E-state index contributed by atoms with van der Waals surface area (Å²) in [5.74, 6) is 2.84. The quantitative estimate of drug-likeness (QED) is 0.376. The highest BCUT2D eigenvalue weighted by atomic mass is 16.5. The molecule has 39 heavy (non-hydrogen) atoms. The Balaban J connectivity index is 1.32. The van der Waals surface area contributed by atoms with Gasteiger partial charge in [-0.1, -0.05) is 30.3 Å². The van der Waals surface area contributed by atoms with Gasteiger partial charge in [0.15, 0.2) is 0 Å². The molecule has 0 bridgehead atoms. The Morgan fingerprint density at radius 2 is 1.56 bits per heavy atom. The highest BCUT2D eigenvalue weighted by Crippen LogP contribution is 2.39. The molecule has 0 aliphatic carbocycles. The summed E-state index contributed by atoms with van der Waals surface area (Å²) in [7, 11) is 4.93. The summed E-state index contributed by atoms with van der Waals surface area (Å²) in [4.78, 5) is 16.0. The molecule has 2 heterocycles. The first kappa shape index (κ1) is 26.8. The van der Waals surface area contributed by atoms with Gasteiger partial charge in [-0.3, -0.25) is 9.69 Å². The molecule has 3 aromatic carbocycles. The molecule has 0 saturated carbocycles. The Morgan fingerprint density at radius 1 is 0.872 bits per heavy atom. The zero-order valence-corrected chi connectivity index (χ0v) is 23.0. The van der Waals surface area contributed by atoms with Gasteiger partial charge in [0.2, 0.25) is 0 Å². The van der Waals surface area contributed by atoms with E-state index in [0.29, 0.717) is 30.4 Å². The van der Waals surface area contributed by atoms with Gasteiger partial charge in [0.05, 0.1) is 39.6 Å². The third-order valence-electron chi connectivity index (χ3n) is 7.82. The molecule has 1 amide bonds. The van der Waals surface area contributed by atoms with E-state index in [4.69, 9.17) is 19.3 Å². The van der Waals surface area contributed by atoms with Crippen molar-refractivity contribution in [2.24, 2.45) is 11.0 Å². The van der Waals surface area contributed by atoms with Crippen molar-refractivity contribution in [3.05, 3.63) is 89.5 Å². The minimum absolute atomic E-state index is 0.00268. The van der Waals surface area contributed by atoms with E-state index >= 15 is 0 Å². The second-order valence-electron chi connectivity index (χ2n) is 10.3. The summed E-state index contributed by atoms with van der Waals surface area (Å²) >= 11 is 0. The van der Waals surface area contributed by atoms with Gasteiger partial charge in [0.1, 0.15) is 17.2 Å². The van der Waals surface area contributed by atoms with Crippen LogP contribution in [-0.4, -0.2) is 62.5 Å². The van der Waals surface area contributed by atoms with Gasteiger partial charge < -0.3 is 14.2 Å². The molecule has 3 aromatic rings. The van der Waals surface area contributed by atoms with E-state index in [1.165, 1.54) is 5.56 Å². The lowest BCUT2D eigenvalue weighted by Crippen LogP contribution is -2.42. The first-order chi connectivity index (χ1) is 19.1. The number of likely N-dealkylation sites (tertiary alicyclic amines) is 1. The summed E-state index contributed by atoms with van der Waals surface area (Å²) in [5.41, 5.74) is 4.15. The van der Waals surface area contributed by atoms with Crippen molar-refractivity contribution in [2.75, 3.05) is 41.0 Å². The fourth-order valence-corrected chi connectivity index (χ4v) is 5.59. The van der Waals surface area contributed by atoms with Crippen molar-refractivity contribution in [3.63, 3.8) is 0 Å². The van der Waals surface area contributed by atoms with E-state index in [9.17, 15) is 4.79 Å². The largest absolute Gasteiger partial charge is 0.497 e. The van der Waals surface area contributed by atoms with Crippen LogP contribution in [0.2, 0.25) is 0 Å². The lowest BCUT2D eigenvalue weighted by Gasteiger charge is -2.33. The maximum absolute atomic E-state index is 13.8. The SMILES string of the molecule is COc1ccc(C2=NN(C(=O)CN3CCC(Cc4ccccc4)CC3)C(c3ccc(OC)cc3OC)C2)cc1. The summed E-state index contributed by atoms with van der Waals surface area (Å²) in [6, 6.07) is 24.0. The van der Waals surface area contributed by atoms with Gasteiger partial charge in [0, 0.05) is 18.1 Å². The zero-order valence-electron chi connectivity index (χ0n) is 23.0. The van der Waals surface area contributed by atoms with Crippen LogP contribution in [0.5, 0.6) is 17.2 Å². The van der Waals surface area contributed by atoms with Crippen molar-refractivity contribution in [3.8, 4) is 17.2 Å². The molecule has 1 unspecified atom stereocenters. The van der Waals surface area contributed by atoms with Crippen LogP contribution in [0.4, 0.5) is 0 Å². The summed E-state index contributed by atoms with van der Waals surface area (Å²) in [6.45, 7) is 2.19. The summed E-state index contributed by atoms with van der Waals surface area (Å²) < 4.78 is 16.4. The first-order valence-electron chi connectivity index (χ1n) is 13.6. The zero-order chi connectivity index (χ0) is 27.2. The Kier molecular flexibility index (Phi) is 8.47. The van der Waals surface area contributed by atoms with Gasteiger partial charge in [-0.15, -0.1) is 0 Å². The third-order valence-corrected chi connectivity index (χ3v) is 7.82. The molecule has 0 radical (unpaired) electrons. The van der Waals surface area contributed by atoms with E-state index in [1.54, 1.807) is 26.3 Å². The number of hydrogen-bond donors (Lipinski definition) is 0. The van der Waals surface area contributed by atoms with Crippen LogP contribution in [0.3, 0.4) is 0 Å². The Bertz CT molecular complexity index is 1280. The highest BCUT2D eigenvalue weighted by Gasteiger charge is 2.36. The van der Waals surface area contributed by atoms with Crippen LogP contribution in [0.1, 0.15) is 42.0 Å². The minimum Gasteiger partial charge on any atom is -0.497 e. The molecule has 0 aromatic heterocycles. The molecule has 0 spiro atoms. The van der Waals surface area contributed by atoms with Crippen LogP contribution in [0, 0.1) is 5.92 Å². The van der Waals surface area contributed by atoms with Crippen molar-refractivity contribution < 1.29 is 19.0 Å². The molecule has 7 heteroatoms. The average molecular weight is 528 g/mol. The van der Waals surface area contributed by atoms with E-state index in [0.717, 1.165) is 54.9 Å². The topological polar surface area (TPSA) is 63.6 Å². The van der Waals surface area contributed by atoms with Crippen LogP contribution in [0.25, 0.3) is 0 Å². The van der Waals surface area contributed by atoms with Gasteiger partial charge in [-0.25, -0.2) is 5.01 Å². The van der Waals surface area contributed by atoms with E-state index < -0.39 is 0 Å². The predicted octanol–water partition coefficient (Wildman–Crippen LogP) is 5.34. The highest BCUT2D eigenvalue weighted by molar-refractivity contribution is 6.03. The number of rotatable bonds is 9. The molecule has 2 aliphatic heterocycles. The molecule has 0 N–H and O–H groups in total. The fraction of sp³-hybridized carbons (Fsp3) is 0.375. The van der Waals surface area contributed by atoms with Crippen molar-refractivity contribution in [2.45, 2.75) is 31.7 Å². The van der Waals surface area contributed by atoms with Crippen molar-refractivity contribution >= 4 is 11.6 Å². The van der Waals surface area contributed by atoms with Crippen LogP contribution in [0.15, 0.2) is 77.9 Å². The normalized spacial score (nSPS) is 18.1. The summed E-state index contributed by atoms with van der Waals surface area (Å²) in [5, 5.41) is 6.54. The van der Waals surface area contributed by atoms with Gasteiger partial charge in [0.25, 0.3) is 5.91 Å². The first-order valence-corrected chi connectivity index (χ1v) is 13.6. The van der Waals surface area contributed by atoms with E-state index in [-0.39, 0.29) is 11.9 Å². The van der Waals surface area contributed by atoms with Crippen molar-refractivity contribution in [1.82, 2.24) is 9.91 Å². The van der Waals surface area contributed by atoms with E-state index in [2.05, 4.69) is 35.2 Å². The number of nitrogens with zero attached hydrogens (tertiary/aromatic N) is 3. The van der Waals surface area contributed by atoms with Crippen LogP contribution >= 0.6 is 0 Å². The van der Waals surface area contributed by atoms with Gasteiger partial charge in [-0.05, 0) is 85.8 Å². The maximum Gasteiger partial charge on any atom is 0.257 e. The molecule has 1 saturated heterocycles. The smallest absolute Gasteiger partial charge is 0.257 e. The molecule has 7 nitrogen and oxygen atoms in total. The Labute approximate surface area is 231 Å². The number of hydrogen-bond acceptors (Lipinski definition) is 6. The number of methoxy groups -OCH3 is 3. The number of hydrazone groups is 1. The number of amides is 1. The minimum atomic E-state index is -0.258. The number of ether oxygens (including phenoxy) is 3. The standard InChI is InChI=1S/C32H37N3O4/c1-37-26-11-9-25(10-12-26)29-21-30(28-14-13-27(38-2)20-31(28)39-3)35(33-29)32(36)22-34-17-15-24(16-18-34)19-23-7-5-4-6-8-23/h4-14,20,24,30H,15-19,21-22H2,1-3H3. The number of piperidine rings is 1. The van der Waals surface area contributed by atoms with E-state index in [1.807, 2.05) is 42.5 Å². The molecular formula is C32H37N3O4. The number of carbonyl (C=O) groups is 1. The van der Waals surface area contributed by atoms with Crippen LogP contribution in [-0.2, 0) is 11.2 Å². The molecular weight excluding hydrogens is 490 g/mol. The molecule has 1 fully saturated rings. The lowest BCUT2D eigenvalue weighted by molar-refractivity contribution is -0.134. The second-order valence-corrected chi connectivity index (χ2v) is 10.3. The predicted molar refractivity (Wildman–Crippen MR) is 153 cm³/mol. The van der Waals surface area contributed by atoms with Crippen LogP contribution < -0.4 is 14.2 Å². The number of carbonyl (C=O) groups excluding carboxylic acids is 1. The average Bonchev–Trinajstić information content (AvgIpc) is 3.44. The van der Waals surface area contributed by atoms with Gasteiger partial charge >= 0.3 is 0 Å². The molecule has 204 valence electrons. The Hall–Kier alpha value is -3.84. The third kappa shape index (κ3) is 6.25. The molecule has 5 rings (SSSR count). The fourth-order valence-electron chi connectivity index (χ4n) is 5.59. The lowest BCUT2D eigenvalue weighted by atomic mass is 9.90. The molecule has 2 aliphatic rings. The monoisotopic (exact) mass is 527 g/mol. The maximum atomic E-state index is 13.8. The Morgan fingerprint density at radius 3 is 2.23 bits per heavy atom. The van der Waals surface area contributed by atoms with Crippen molar-refractivity contribution in [1.29, 1.82) is 0 Å². The van der Waals surface area contributed by atoms with Gasteiger partial charge in [-0.2, -0.15) is 5.10 Å².